The van der Waals surface area contributed by atoms with Crippen LogP contribution in [0.25, 0.3) is 0 Å². The first-order valence-corrected chi connectivity index (χ1v) is 7.96. The van der Waals surface area contributed by atoms with Gasteiger partial charge in [0.05, 0.1) is 6.61 Å². The van der Waals surface area contributed by atoms with Crippen molar-refractivity contribution in [2.24, 2.45) is 5.73 Å². The maximum Gasteiger partial charge on any atom is 0.232 e. The highest BCUT2D eigenvalue weighted by atomic mass is 31.2. The molecule has 1 rings (SSSR count). The number of hydrogen-bond donors (Lipinski definition) is 4. The molecule has 0 saturated heterocycles. The van der Waals surface area contributed by atoms with Gasteiger partial charge in [-0.1, -0.05) is 12.1 Å². The van der Waals surface area contributed by atoms with Crippen molar-refractivity contribution in [3.05, 3.63) is 29.8 Å². The second kappa shape index (κ2) is 7.62. The molecule has 0 aromatic heterocycles. The second-order valence-corrected chi connectivity index (χ2v) is 6.58. The van der Waals surface area contributed by atoms with Crippen molar-refractivity contribution in [2.75, 3.05) is 25.9 Å². The van der Waals surface area contributed by atoms with Crippen LogP contribution in [0.5, 0.6) is 5.75 Å². The molecule has 108 valence electrons. The molecule has 0 radical (unpaired) electrons. The minimum Gasteiger partial charge on any atom is -0.491 e. The summed E-state index contributed by atoms with van der Waals surface area (Å²) in [6.45, 7) is 0.400. The van der Waals surface area contributed by atoms with E-state index in [2.05, 4.69) is 0 Å². The highest BCUT2D eigenvalue weighted by Gasteiger charge is 2.29. The zero-order valence-electron chi connectivity index (χ0n) is 10.6. The van der Waals surface area contributed by atoms with E-state index in [1.807, 2.05) is 0 Å². The first-order valence-electron chi connectivity index (χ1n) is 6.04. The lowest BCUT2D eigenvalue weighted by atomic mass is 10.2. The summed E-state index contributed by atoms with van der Waals surface area (Å²) in [5.74, 6) is -0.884. The maximum atomic E-state index is 11.9. The summed E-state index contributed by atoms with van der Waals surface area (Å²) in [5, 5.41) is 18.5. The van der Waals surface area contributed by atoms with Gasteiger partial charge in [-0.2, -0.15) is 0 Å². The van der Waals surface area contributed by atoms with Crippen molar-refractivity contribution in [1.82, 2.24) is 0 Å². The molecule has 0 aliphatic carbocycles. The second-order valence-electron chi connectivity index (χ2n) is 4.14. The van der Waals surface area contributed by atoms with Crippen molar-refractivity contribution in [3.8, 4) is 5.75 Å². The van der Waals surface area contributed by atoms with Crippen LogP contribution in [-0.2, 0) is 4.57 Å². The number of nitrogens with two attached hydrogens (primary N) is 1. The summed E-state index contributed by atoms with van der Waals surface area (Å²) in [5.41, 5.74) is 5.65. The fourth-order valence-corrected chi connectivity index (χ4v) is 3.09. The van der Waals surface area contributed by atoms with Crippen LogP contribution in [0.3, 0.4) is 0 Å². The minimum absolute atomic E-state index is 0.00652. The Morgan fingerprint density at radius 1 is 1.32 bits per heavy atom. The average Bonchev–Trinajstić information content (AvgIpc) is 2.42. The molecule has 6 nitrogen and oxygen atoms in total. The number of benzene rings is 1. The standard InChI is InChI=1S/C12H20NO5P/c13-6-1-9-19(16,17)12(15)10-2-4-11(5-3-10)18-8-7-14/h2-5,12,14-15H,1,6-9,13H2,(H,16,17). The SMILES string of the molecule is NCCCP(=O)(O)C(O)c1ccc(OCCO)cc1. The van der Waals surface area contributed by atoms with Crippen LogP contribution < -0.4 is 10.5 Å². The first kappa shape index (κ1) is 16.1. The van der Waals surface area contributed by atoms with Crippen molar-refractivity contribution in [2.45, 2.75) is 12.3 Å². The maximum absolute atomic E-state index is 11.9. The molecule has 7 heteroatoms. The van der Waals surface area contributed by atoms with Gasteiger partial charge in [-0.15, -0.1) is 0 Å². The van der Waals surface area contributed by atoms with Crippen LogP contribution in [0, 0.1) is 0 Å². The van der Waals surface area contributed by atoms with Crippen LogP contribution in [-0.4, -0.2) is 41.0 Å². The van der Waals surface area contributed by atoms with Gasteiger partial charge in [0.25, 0.3) is 0 Å². The Balaban J connectivity index is 2.71. The smallest absolute Gasteiger partial charge is 0.232 e. The Hall–Kier alpha value is -0.910. The summed E-state index contributed by atoms with van der Waals surface area (Å²) < 4.78 is 17.1. The quantitative estimate of drug-likeness (QED) is 0.523. The first-order chi connectivity index (χ1) is 9.01. The lowest BCUT2D eigenvalue weighted by Crippen LogP contribution is -2.07. The largest absolute Gasteiger partial charge is 0.491 e. The van der Waals surface area contributed by atoms with Crippen molar-refractivity contribution >= 4 is 7.37 Å². The van der Waals surface area contributed by atoms with Crippen LogP contribution in [0.2, 0.25) is 0 Å². The molecule has 0 heterocycles. The average molecular weight is 289 g/mol. The van der Waals surface area contributed by atoms with Gasteiger partial charge >= 0.3 is 0 Å². The molecule has 5 N–H and O–H groups in total. The van der Waals surface area contributed by atoms with Crippen molar-refractivity contribution in [1.29, 1.82) is 0 Å². The Kier molecular flexibility index (Phi) is 6.48. The monoisotopic (exact) mass is 289 g/mol. The third-order valence-corrected chi connectivity index (χ3v) is 4.62. The van der Waals surface area contributed by atoms with Gasteiger partial charge < -0.3 is 25.6 Å². The molecule has 19 heavy (non-hydrogen) atoms. The highest BCUT2D eigenvalue weighted by Crippen LogP contribution is 2.54. The summed E-state index contributed by atoms with van der Waals surface area (Å²) in [4.78, 5) is 9.76. The van der Waals surface area contributed by atoms with E-state index < -0.39 is 13.2 Å². The van der Waals surface area contributed by atoms with Gasteiger partial charge in [-0.3, -0.25) is 4.57 Å². The molecule has 0 amide bonds. The van der Waals surface area contributed by atoms with Crippen LogP contribution in [0.4, 0.5) is 0 Å². The molecule has 0 saturated carbocycles. The Bertz CT molecular complexity index is 423. The topological polar surface area (TPSA) is 113 Å². The van der Waals surface area contributed by atoms with Gasteiger partial charge in [0.2, 0.25) is 7.37 Å². The molecular formula is C12H20NO5P. The van der Waals surface area contributed by atoms with Gasteiger partial charge in [0, 0.05) is 6.16 Å². The van der Waals surface area contributed by atoms with Crippen molar-refractivity contribution in [3.63, 3.8) is 0 Å². The number of rotatable bonds is 8. The lowest BCUT2D eigenvalue weighted by Gasteiger charge is -2.18. The van der Waals surface area contributed by atoms with E-state index in [9.17, 15) is 14.6 Å². The fourth-order valence-electron chi connectivity index (χ4n) is 1.57. The van der Waals surface area contributed by atoms with Gasteiger partial charge in [0.15, 0.2) is 5.85 Å². The van der Waals surface area contributed by atoms with Gasteiger partial charge in [0.1, 0.15) is 12.4 Å². The molecule has 0 spiro atoms. The summed E-state index contributed by atoms with van der Waals surface area (Å²) >= 11 is 0. The normalized spacial score (nSPS) is 15.8. The van der Waals surface area contributed by atoms with Crippen LogP contribution in [0.15, 0.2) is 24.3 Å². The van der Waals surface area contributed by atoms with E-state index in [0.717, 1.165) is 0 Å². The van der Waals surface area contributed by atoms with Crippen LogP contribution in [0.1, 0.15) is 17.8 Å². The van der Waals surface area contributed by atoms with E-state index in [1.54, 1.807) is 12.1 Å². The molecule has 2 atom stereocenters. The Morgan fingerprint density at radius 3 is 2.47 bits per heavy atom. The van der Waals surface area contributed by atoms with Gasteiger partial charge in [-0.05, 0) is 30.7 Å². The molecule has 0 bridgehead atoms. The van der Waals surface area contributed by atoms with E-state index in [-0.39, 0.29) is 19.4 Å². The Labute approximate surface area is 112 Å². The number of aliphatic hydroxyl groups excluding tert-OH is 2. The third-order valence-electron chi connectivity index (χ3n) is 2.60. The van der Waals surface area contributed by atoms with E-state index >= 15 is 0 Å². The van der Waals surface area contributed by atoms with Crippen LogP contribution >= 0.6 is 7.37 Å². The third kappa shape index (κ3) is 4.93. The zero-order chi connectivity index (χ0) is 14.3. The van der Waals surface area contributed by atoms with E-state index in [0.29, 0.717) is 24.3 Å². The van der Waals surface area contributed by atoms with Crippen molar-refractivity contribution < 1.29 is 24.4 Å². The Morgan fingerprint density at radius 2 is 1.95 bits per heavy atom. The highest BCUT2D eigenvalue weighted by molar-refractivity contribution is 7.58. The lowest BCUT2D eigenvalue weighted by molar-refractivity contribution is 0.201. The van der Waals surface area contributed by atoms with E-state index in [1.165, 1.54) is 12.1 Å². The summed E-state index contributed by atoms with van der Waals surface area (Å²) in [6, 6.07) is 6.22. The zero-order valence-corrected chi connectivity index (χ0v) is 11.5. The molecule has 1 aromatic rings. The predicted octanol–water partition coefficient (Wildman–Crippen LogP) is 0.668. The van der Waals surface area contributed by atoms with Gasteiger partial charge in [-0.25, -0.2) is 0 Å². The summed E-state index contributed by atoms with van der Waals surface area (Å²) in [7, 11) is -3.66. The fraction of sp³-hybridized carbons (Fsp3) is 0.500. The number of hydrogen-bond acceptors (Lipinski definition) is 5. The summed E-state index contributed by atoms with van der Waals surface area (Å²) in [6.07, 6.45) is 0.385. The number of ether oxygens (including phenoxy) is 1. The molecule has 0 fully saturated rings. The molecule has 2 unspecified atom stereocenters. The molecular weight excluding hydrogens is 269 g/mol. The predicted molar refractivity (Wildman–Crippen MR) is 72.3 cm³/mol. The van der Waals surface area contributed by atoms with E-state index in [4.69, 9.17) is 15.6 Å². The minimum atomic E-state index is -3.66. The molecule has 0 aliphatic rings. The molecule has 1 aromatic carbocycles. The number of aliphatic hydroxyl groups is 2. The molecule has 0 aliphatic heterocycles.